The Morgan fingerprint density at radius 1 is 1.05 bits per heavy atom. The number of fused-ring (bicyclic) bond motifs is 1. The molecule has 3 N–H and O–H groups in total. The Balaban J connectivity index is 1.56. The van der Waals surface area contributed by atoms with E-state index in [2.05, 4.69) is 20.9 Å². The highest BCUT2D eigenvalue weighted by Crippen LogP contribution is 2.21. The van der Waals surface area contributed by atoms with Crippen LogP contribution in [0.25, 0.3) is 0 Å². The maximum absolute atomic E-state index is 13.7. The molecule has 0 bridgehead atoms. The van der Waals surface area contributed by atoms with Crippen LogP contribution in [0.5, 0.6) is 5.75 Å². The van der Waals surface area contributed by atoms with Crippen LogP contribution in [-0.4, -0.2) is 40.9 Å². The average molecular weight is 550 g/mol. The van der Waals surface area contributed by atoms with E-state index < -0.39 is 23.3 Å². The molecule has 11 heteroatoms. The highest BCUT2D eigenvalue weighted by molar-refractivity contribution is 6.35. The number of carbonyl (C=O) groups is 3. The number of aryl methyl sites for hydroxylation is 2. The summed E-state index contributed by atoms with van der Waals surface area (Å²) in [5.74, 6) is -2.05. The van der Waals surface area contributed by atoms with E-state index in [1.807, 2.05) is 30.3 Å². The topological polar surface area (TPSA) is 131 Å². The van der Waals surface area contributed by atoms with E-state index in [-0.39, 0.29) is 42.9 Å². The molecule has 2 heterocycles. The summed E-state index contributed by atoms with van der Waals surface area (Å²) in [6, 6.07) is 13.8. The van der Waals surface area contributed by atoms with E-state index in [9.17, 15) is 23.6 Å². The Kier molecular flexibility index (Phi) is 9.26. The van der Waals surface area contributed by atoms with Crippen molar-refractivity contribution in [3.8, 4) is 5.75 Å². The molecule has 1 unspecified atom stereocenters. The lowest BCUT2D eigenvalue weighted by molar-refractivity contribution is -0.139. The Morgan fingerprint density at radius 2 is 1.82 bits per heavy atom. The lowest BCUT2D eigenvalue weighted by atomic mass is 10.0. The van der Waals surface area contributed by atoms with Gasteiger partial charge in [0.1, 0.15) is 18.2 Å². The van der Waals surface area contributed by atoms with E-state index >= 15 is 0 Å². The summed E-state index contributed by atoms with van der Waals surface area (Å²) >= 11 is 0. The van der Waals surface area contributed by atoms with E-state index in [0.29, 0.717) is 42.8 Å². The zero-order chi connectivity index (χ0) is 28.6. The van der Waals surface area contributed by atoms with Gasteiger partial charge in [-0.3, -0.25) is 23.7 Å². The number of benzene rings is 2. The van der Waals surface area contributed by atoms with Gasteiger partial charge in [0.25, 0.3) is 11.5 Å². The summed E-state index contributed by atoms with van der Waals surface area (Å²) in [6.07, 6.45) is 1.56. The minimum Gasteiger partial charge on any atom is -0.481 e. The monoisotopic (exact) mass is 549 g/mol. The molecule has 1 aliphatic rings. The number of hydrogen-bond donors (Lipinski definition) is 3. The molecular weight excluding hydrogens is 517 g/mol. The van der Waals surface area contributed by atoms with Crippen molar-refractivity contribution >= 4 is 17.7 Å². The molecule has 4 rings (SSSR count). The van der Waals surface area contributed by atoms with Crippen LogP contribution in [0.15, 0.2) is 53.3 Å². The van der Waals surface area contributed by atoms with Crippen molar-refractivity contribution in [1.82, 2.24) is 25.5 Å². The molecule has 3 amide bonds. The van der Waals surface area contributed by atoms with Crippen molar-refractivity contribution in [2.75, 3.05) is 13.6 Å². The van der Waals surface area contributed by atoms with Crippen LogP contribution in [-0.2, 0) is 35.7 Å². The first-order valence-corrected chi connectivity index (χ1v) is 13.1. The lowest BCUT2D eigenvalue weighted by Crippen LogP contribution is -2.40. The summed E-state index contributed by atoms with van der Waals surface area (Å²) in [7, 11) is 1.38. The summed E-state index contributed by atoms with van der Waals surface area (Å²) in [5.41, 5.74) is 1.41. The molecule has 0 fully saturated rings. The number of ether oxygens (including phenoxy) is 1. The Labute approximate surface area is 231 Å². The maximum atomic E-state index is 13.7. The van der Waals surface area contributed by atoms with Crippen molar-refractivity contribution < 1.29 is 23.5 Å². The standard InChI is InChI=1S/C29H32FN5O5/c1-18-14-21(8-10-22(18)30)16-32-26(36)24-25(40-17-20-6-4-3-5-7-20)29(39)35-13-12-19(9-11-23(35)34-24)15-33-28(38)27(37)31-2/h3-8,10,14,19H,9,11-13,15-17H2,1-2H3,(H,31,37)(H,32,36)(H,33,38). The van der Waals surface area contributed by atoms with Gasteiger partial charge in [-0.05, 0) is 48.4 Å². The second-order valence-electron chi connectivity index (χ2n) is 9.69. The quantitative estimate of drug-likeness (QED) is 0.369. The highest BCUT2D eigenvalue weighted by atomic mass is 19.1. The van der Waals surface area contributed by atoms with Gasteiger partial charge >= 0.3 is 11.8 Å². The largest absolute Gasteiger partial charge is 0.481 e. The molecule has 3 aromatic rings. The number of halogens is 1. The number of likely N-dealkylation sites (N-methyl/N-ethyl adjacent to an activating group) is 1. The fourth-order valence-corrected chi connectivity index (χ4v) is 4.52. The number of nitrogens with one attached hydrogen (secondary N) is 3. The molecule has 2 aromatic carbocycles. The number of rotatable bonds is 8. The molecule has 1 aromatic heterocycles. The van der Waals surface area contributed by atoms with Crippen LogP contribution in [0.1, 0.15) is 45.8 Å². The van der Waals surface area contributed by atoms with Crippen molar-refractivity contribution in [2.24, 2.45) is 5.92 Å². The second kappa shape index (κ2) is 13.0. The third kappa shape index (κ3) is 6.90. The predicted molar refractivity (Wildman–Crippen MR) is 145 cm³/mol. The van der Waals surface area contributed by atoms with Crippen molar-refractivity contribution in [1.29, 1.82) is 0 Å². The van der Waals surface area contributed by atoms with Gasteiger partial charge in [-0.1, -0.05) is 42.5 Å². The van der Waals surface area contributed by atoms with Crippen LogP contribution in [0.4, 0.5) is 4.39 Å². The number of hydrogen-bond acceptors (Lipinski definition) is 6. The second-order valence-corrected chi connectivity index (χ2v) is 9.69. The lowest BCUT2D eigenvalue weighted by Gasteiger charge is -2.16. The van der Waals surface area contributed by atoms with E-state index in [1.165, 1.54) is 17.7 Å². The van der Waals surface area contributed by atoms with Crippen LogP contribution in [0.3, 0.4) is 0 Å². The molecule has 0 saturated carbocycles. The van der Waals surface area contributed by atoms with Crippen LogP contribution in [0, 0.1) is 18.7 Å². The van der Waals surface area contributed by atoms with Gasteiger partial charge < -0.3 is 20.7 Å². The average Bonchev–Trinajstić information content (AvgIpc) is 3.18. The minimum atomic E-state index is -0.721. The molecule has 0 spiro atoms. The van der Waals surface area contributed by atoms with Gasteiger partial charge in [0.15, 0.2) is 5.69 Å². The Morgan fingerprint density at radius 3 is 2.55 bits per heavy atom. The van der Waals surface area contributed by atoms with Gasteiger partial charge in [0.05, 0.1) is 0 Å². The van der Waals surface area contributed by atoms with Crippen LogP contribution >= 0.6 is 0 Å². The van der Waals surface area contributed by atoms with Gasteiger partial charge in [0, 0.05) is 33.1 Å². The summed E-state index contributed by atoms with van der Waals surface area (Å²) in [4.78, 5) is 54.9. The molecule has 0 saturated heterocycles. The Hall–Kier alpha value is -4.54. The SMILES string of the molecule is CNC(=O)C(=O)NCC1CCc2nc(C(=O)NCc3ccc(F)c(C)c3)c(OCc3ccccc3)c(=O)n2CC1. The first-order chi connectivity index (χ1) is 19.3. The summed E-state index contributed by atoms with van der Waals surface area (Å²) in [6.45, 7) is 2.42. The fraction of sp³-hybridized carbons (Fsp3) is 0.345. The van der Waals surface area contributed by atoms with Crippen molar-refractivity contribution in [3.05, 3.63) is 92.9 Å². The van der Waals surface area contributed by atoms with Crippen molar-refractivity contribution in [3.63, 3.8) is 0 Å². The Bertz CT molecular complexity index is 1460. The molecule has 40 heavy (non-hydrogen) atoms. The number of amides is 3. The fourth-order valence-electron chi connectivity index (χ4n) is 4.52. The first-order valence-electron chi connectivity index (χ1n) is 13.1. The van der Waals surface area contributed by atoms with Crippen LogP contribution in [0.2, 0.25) is 0 Å². The maximum Gasteiger partial charge on any atom is 0.309 e. The third-order valence-corrected chi connectivity index (χ3v) is 6.85. The van der Waals surface area contributed by atoms with Crippen molar-refractivity contribution in [2.45, 2.75) is 45.9 Å². The molecule has 10 nitrogen and oxygen atoms in total. The highest BCUT2D eigenvalue weighted by Gasteiger charge is 2.26. The normalized spacial score (nSPS) is 14.4. The van der Waals surface area contributed by atoms with E-state index in [4.69, 9.17) is 4.74 Å². The zero-order valence-electron chi connectivity index (χ0n) is 22.5. The molecular formula is C29H32FN5O5. The third-order valence-electron chi connectivity index (χ3n) is 6.85. The molecule has 1 aliphatic heterocycles. The van der Waals surface area contributed by atoms with E-state index in [1.54, 1.807) is 19.1 Å². The van der Waals surface area contributed by atoms with Gasteiger partial charge in [-0.15, -0.1) is 0 Å². The number of nitrogens with zero attached hydrogens (tertiary/aromatic N) is 2. The molecule has 1 atom stereocenters. The molecule has 0 aliphatic carbocycles. The van der Waals surface area contributed by atoms with Gasteiger partial charge in [-0.2, -0.15) is 0 Å². The zero-order valence-corrected chi connectivity index (χ0v) is 22.5. The molecule has 0 radical (unpaired) electrons. The predicted octanol–water partition coefficient (Wildman–Crippen LogP) is 2.01. The summed E-state index contributed by atoms with van der Waals surface area (Å²) in [5, 5.41) is 7.67. The van der Waals surface area contributed by atoms with Gasteiger partial charge in [-0.25, -0.2) is 9.37 Å². The first kappa shape index (κ1) is 28.5. The summed E-state index contributed by atoms with van der Waals surface area (Å²) < 4.78 is 21.1. The minimum absolute atomic E-state index is 0.00221. The number of carbonyl (C=O) groups excluding carboxylic acids is 3. The number of aromatic nitrogens is 2. The van der Waals surface area contributed by atoms with Crippen LogP contribution < -0.4 is 26.2 Å². The molecule has 210 valence electrons. The van der Waals surface area contributed by atoms with Gasteiger partial charge in [0.2, 0.25) is 5.75 Å². The van der Waals surface area contributed by atoms with E-state index in [0.717, 1.165) is 5.56 Å². The smallest absolute Gasteiger partial charge is 0.309 e.